The molecule has 39 heavy (non-hydrogen) atoms. The molecular weight excluding hydrogens is 518 g/mol. The Morgan fingerprint density at radius 2 is 1.95 bits per heavy atom. The van der Waals surface area contributed by atoms with Gasteiger partial charge < -0.3 is 16.0 Å². The number of hydrogen-bond acceptors (Lipinski definition) is 6. The third-order valence-electron chi connectivity index (χ3n) is 6.21. The van der Waals surface area contributed by atoms with Gasteiger partial charge in [-0.2, -0.15) is 4.68 Å². The maximum atomic E-state index is 13.3. The molecule has 0 radical (unpaired) electrons. The minimum atomic E-state index is -0.859. The van der Waals surface area contributed by atoms with Crippen molar-refractivity contribution in [3.05, 3.63) is 106 Å². The number of aromatic nitrogens is 4. The van der Waals surface area contributed by atoms with E-state index >= 15 is 0 Å². The van der Waals surface area contributed by atoms with Gasteiger partial charge >= 0.3 is 0 Å². The van der Waals surface area contributed by atoms with Gasteiger partial charge in [0.05, 0.1) is 5.69 Å². The van der Waals surface area contributed by atoms with Crippen LogP contribution in [0.3, 0.4) is 0 Å². The van der Waals surface area contributed by atoms with E-state index in [1.54, 1.807) is 42.5 Å². The number of fused-ring (bicyclic) bond motifs is 1. The first-order valence-corrected chi connectivity index (χ1v) is 12.6. The van der Waals surface area contributed by atoms with Gasteiger partial charge in [-0.15, -0.1) is 5.10 Å². The van der Waals surface area contributed by atoms with Crippen molar-refractivity contribution in [2.75, 3.05) is 11.9 Å². The number of hydrogen-bond donors (Lipinski definition) is 3. The first-order chi connectivity index (χ1) is 19.0. The molecule has 11 heteroatoms. The monoisotopic (exact) mass is 541 g/mol. The highest BCUT2D eigenvalue weighted by Gasteiger charge is 2.22. The van der Waals surface area contributed by atoms with Crippen LogP contribution in [0.25, 0.3) is 11.8 Å². The van der Waals surface area contributed by atoms with Gasteiger partial charge in [0.15, 0.2) is 0 Å². The van der Waals surface area contributed by atoms with Gasteiger partial charge in [-0.05, 0) is 70.4 Å². The molecule has 0 saturated heterocycles. The van der Waals surface area contributed by atoms with E-state index in [0.29, 0.717) is 40.5 Å². The molecule has 1 aliphatic rings. The predicted molar refractivity (Wildman–Crippen MR) is 146 cm³/mol. The molecule has 0 aliphatic carbocycles. The number of nitrogens with zero attached hydrogens (tertiary/aromatic N) is 4. The highest BCUT2D eigenvalue weighted by Crippen LogP contribution is 2.21. The van der Waals surface area contributed by atoms with E-state index in [-0.39, 0.29) is 18.2 Å². The van der Waals surface area contributed by atoms with E-state index in [9.17, 15) is 14.4 Å². The molecule has 4 aromatic rings. The van der Waals surface area contributed by atoms with Gasteiger partial charge in [0.25, 0.3) is 5.91 Å². The summed E-state index contributed by atoms with van der Waals surface area (Å²) in [6.45, 7) is 0.546. The first-order valence-electron chi connectivity index (χ1n) is 12.2. The van der Waals surface area contributed by atoms with Crippen LogP contribution in [0.15, 0.2) is 79.1 Å². The smallest absolute Gasteiger partial charge is 0.251 e. The molecule has 3 aromatic carbocycles. The SMILES string of the molecule is O=C(C=Cc1cc(Cl)ccc1-n1cnnn1)NC(Cc1ccccc1)C(=O)Nc1ccc2c(c1)CCNC2=O. The maximum Gasteiger partial charge on any atom is 0.251 e. The number of benzene rings is 3. The molecule has 0 saturated carbocycles. The maximum absolute atomic E-state index is 13.3. The first kappa shape index (κ1) is 25.8. The molecule has 3 N–H and O–H groups in total. The van der Waals surface area contributed by atoms with E-state index in [2.05, 4.69) is 31.5 Å². The van der Waals surface area contributed by atoms with Crippen LogP contribution < -0.4 is 16.0 Å². The van der Waals surface area contributed by atoms with Crippen LogP contribution in [0.5, 0.6) is 0 Å². The predicted octanol–water partition coefficient (Wildman–Crippen LogP) is 2.98. The summed E-state index contributed by atoms with van der Waals surface area (Å²) in [5.41, 5.74) is 4.16. The van der Waals surface area contributed by atoms with Gasteiger partial charge in [0, 0.05) is 40.9 Å². The quantitative estimate of drug-likeness (QED) is 0.294. The molecule has 196 valence electrons. The van der Waals surface area contributed by atoms with Crippen LogP contribution in [-0.4, -0.2) is 50.5 Å². The highest BCUT2D eigenvalue weighted by molar-refractivity contribution is 6.30. The summed E-state index contributed by atoms with van der Waals surface area (Å²) in [5.74, 6) is -0.966. The topological polar surface area (TPSA) is 131 Å². The third kappa shape index (κ3) is 6.36. The fraction of sp³-hybridized carbons (Fsp3) is 0.143. The Labute approximate surface area is 229 Å². The average molecular weight is 542 g/mol. The van der Waals surface area contributed by atoms with Crippen molar-refractivity contribution in [2.45, 2.75) is 18.9 Å². The van der Waals surface area contributed by atoms with Gasteiger partial charge in [-0.1, -0.05) is 41.9 Å². The van der Waals surface area contributed by atoms with Crippen LogP contribution >= 0.6 is 11.6 Å². The molecule has 1 atom stereocenters. The van der Waals surface area contributed by atoms with Crippen molar-refractivity contribution in [3.8, 4) is 5.69 Å². The summed E-state index contributed by atoms with van der Waals surface area (Å²) in [7, 11) is 0. The lowest BCUT2D eigenvalue weighted by molar-refractivity contribution is -0.123. The number of tetrazole rings is 1. The summed E-state index contributed by atoms with van der Waals surface area (Å²) in [5, 5.41) is 20.2. The molecule has 1 aromatic heterocycles. The number of carbonyl (C=O) groups excluding carboxylic acids is 3. The summed E-state index contributed by atoms with van der Waals surface area (Å²) in [6, 6.07) is 18.9. The summed E-state index contributed by atoms with van der Waals surface area (Å²) < 4.78 is 1.46. The zero-order valence-corrected chi connectivity index (χ0v) is 21.4. The highest BCUT2D eigenvalue weighted by atomic mass is 35.5. The Morgan fingerprint density at radius 3 is 2.74 bits per heavy atom. The Kier molecular flexibility index (Phi) is 7.74. The second-order valence-corrected chi connectivity index (χ2v) is 9.35. The molecule has 10 nitrogen and oxygen atoms in total. The molecule has 1 aliphatic heterocycles. The lowest BCUT2D eigenvalue weighted by Crippen LogP contribution is -2.44. The molecule has 2 heterocycles. The van der Waals surface area contributed by atoms with Crippen LogP contribution in [0.2, 0.25) is 5.02 Å². The average Bonchev–Trinajstić information content (AvgIpc) is 3.47. The number of amides is 3. The van der Waals surface area contributed by atoms with Crippen molar-refractivity contribution >= 4 is 41.1 Å². The van der Waals surface area contributed by atoms with Crippen LogP contribution in [0.4, 0.5) is 5.69 Å². The van der Waals surface area contributed by atoms with E-state index in [0.717, 1.165) is 11.1 Å². The normalized spacial score (nSPS) is 13.4. The standard InChI is InChI=1S/C28H24ClN7O3/c29-21-7-10-25(36-17-31-34-35-36)20(15-21)6-11-26(37)33-24(14-18-4-2-1-3-5-18)28(39)32-22-8-9-23-19(16-22)12-13-30-27(23)38/h1-11,15-17,24H,12-14H2,(H,30,38)(H,32,39)(H,33,37). The number of nitrogens with one attached hydrogen (secondary N) is 3. The molecule has 0 fully saturated rings. The lowest BCUT2D eigenvalue weighted by atomic mass is 9.99. The molecule has 0 spiro atoms. The largest absolute Gasteiger partial charge is 0.352 e. The third-order valence-corrected chi connectivity index (χ3v) is 6.45. The van der Waals surface area contributed by atoms with Crippen molar-refractivity contribution in [2.24, 2.45) is 0 Å². The number of rotatable bonds is 8. The minimum Gasteiger partial charge on any atom is -0.352 e. The van der Waals surface area contributed by atoms with Crippen molar-refractivity contribution in [1.82, 2.24) is 30.8 Å². The van der Waals surface area contributed by atoms with E-state index < -0.39 is 11.9 Å². The van der Waals surface area contributed by atoms with Gasteiger partial charge in [-0.3, -0.25) is 14.4 Å². The Balaban J connectivity index is 1.34. The van der Waals surface area contributed by atoms with Crippen LogP contribution in [-0.2, 0) is 22.4 Å². The number of halogens is 1. The van der Waals surface area contributed by atoms with Gasteiger partial charge in [0.2, 0.25) is 11.8 Å². The number of carbonyl (C=O) groups is 3. The second kappa shape index (κ2) is 11.7. The fourth-order valence-electron chi connectivity index (χ4n) is 4.32. The minimum absolute atomic E-state index is 0.127. The van der Waals surface area contributed by atoms with Crippen LogP contribution in [0.1, 0.15) is 27.0 Å². The molecular formula is C28H24ClN7O3. The Morgan fingerprint density at radius 1 is 1.10 bits per heavy atom. The van der Waals surface area contributed by atoms with Crippen molar-refractivity contribution in [3.63, 3.8) is 0 Å². The van der Waals surface area contributed by atoms with Crippen molar-refractivity contribution < 1.29 is 14.4 Å². The fourth-order valence-corrected chi connectivity index (χ4v) is 4.50. The number of anilines is 1. The Hall–Kier alpha value is -4.83. The molecule has 1 unspecified atom stereocenters. The van der Waals surface area contributed by atoms with E-state index in [1.807, 2.05) is 30.3 Å². The summed E-state index contributed by atoms with van der Waals surface area (Å²) in [4.78, 5) is 38.4. The van der Waals surface area contributed by atoms with Crippen molar-refractivity contribution in [1.29, 1.82) is 0 Å². The Bertz CT molecular complexity index is 1540. The van der Waals surface area contributed by atoms with E-state index in [4.69, 9.17) is 11.6 Å². The van der Waals surface area contributed by atoms with Gasteiger partial charge in [0.1, 0.15) is 12.4 Å². The summed E-state index contributed by atoms with van der Waals surface area (Å²) in [6.07, 6.45) is 5.32. The molecule has 3 amide bonds. The van der Waals surface area contributed by atoms with Gasteiger partial charge in [-0.25, -0.2) is 0 Å². The second-order valence-electron chi connectivity index (χ2n) is 8.91. The van der Waals surface area contributed by atoms with E-state index in [1.165, 1.54) is 17.1 Å². The zero-order chi connectivity index (χ0) is 27.2. The zero-order valence-electron chi connectivity index (χ0n) is 20.7. The lowest BCUT2D eigenvalue weighted by Gasteiger charge is -2.20. The van der Waals surface area contributed by atoms with Crippen LogP contribution in [0, 0.1) is 0 Å². The summed E-state index contributed by atoms with van der Waals surface area (Å²) >= 11 is 6.17. The molecule has 0 bridgehead atoms. The molecule has 5 rings (SSSR count).